The van der Waals surface area contributed by atoms with Crippen molar-refractivity contribution in [3.05, 3.63) is 108 Å². The van der Waals surface area contributed by atoms with E-state index in [1.807, 2.05) is 30.3 Å². The van der Waals surface area contributed by atoms with Crippen LogP contribution in [-0.2, 0) is 10.0 Å². The van der Waals surface area contributed by atoms with Crippen molar-refractivity contribution in [1.29, 1.82) is 0 Å². The smallest absolute Gasteiger partial charge is 0.261 e. The van der Waals surface area contributed by atoms with Crippen LogP contribution in [-0.4, -0.2) is 27.4 Å². The topological polar surface area (TPSA) is 87.7 Å². The minimum absolute atomic E-state index is 0.0367. The van der Waals surface area contributed by atoms with Crippen LogP contribution in [0.2, 0.25) is 5.02 Å². The van der Waals surface area contributed by atoms with E-state index in [1.54, 1.807) is 60.7 Å². The maximum atomic E-state index is 13.4. The highest BCUT2D eigenvalue weighted by Crippen LogP contribution is 2.32. The van der Waals surface area contributed by atoms with E-state index >= 15 is 0 Å². The molecule has 200 valence electrons. The van der Waals surface area contributed by atoms with Crippen molar-refractivity contribution in [2.24, 2.45) is 0 Å². The van der Waals surface area contributed by atoms with Gasteiger partial charge in [-0.15, -0.1) is 0 Å². The van der Waals surface area contributed by atoms with Crippen molar-refractivity contribution in [2.75, 3.05) is 28.0 Å². The van der Waals surface area contributed by atoms with E-state index in [9.17, 15) is 13.2 Å². The van der Waals surface area contributed by atoms with Gasteiger partial charge in [0.1, 0.15) is 11.5 Å². The molecule has 0 saturated carbocycles. The third kappa shape index (κ3) is 6.71. The summed E-state index contributed by atoms with van der Waals surface area (Å²) in [6, 6.07) is 27.4. The highest BCUT2D eigenvalue weighted by atomic mass is 35.5. The number of anilines is 3. The van der Waals surface area contributed by atoms with Crippen molar-refractivity contribution in [2.45, 2.75) is 24.2 Å². The van der Waals surface area contributed by atoms with Gasteiger partial charge in [-0.05, 0) is 92.1 Å². The summed E-state index contributed by atoms with van der Waals surface area (Å²) in [5.74, 6) is 0.814. The molecule has 9 heteroatoms. The SMILES string of the molecule is O=C(Nc1cc(S(=O)(=O)Nc2ccc(Cl)cc2)ccc1N1CCCCC1)c1cccc(Oc2ccccc2)c1. The molecule has 1 heterocycles. The Labute approximate surface area is 233 Å². The fourth-order valence-electron chi connectivity index (χ4n) is 4.44. The summed E-state index contributed by atoms with van der Waals surface area (Å²) in [7, 11) is -3.92. The molecule has 2 N–H and O–H groups in total. The molecule has 1 aliphatic heterocycles. The van der Waals surface area contributed by atoms with Crippen molar-refractivity contribution >= 4 is 44.6 Å². The molecule has 0 aromatic heterocycles. The molecule has 0 radical (unpaired) electrons. The molecule has 39 heavy (non-hydrogen) atoms. The number of sulfonamides is 1. The lowest BCUT2D eigenvalue weighted by molar-refractivity contribution is 0.102. The number of nitrogens with one attached hydrogen (secondary N) is 2. The molecule has 0 aliphatic carbocycles. The molecule has 1 amide bonds. The molecular weight excluding hydrogens is 534 g/mol. The Hall–Kier alpha value is -4.01. The molecule has 0 spiro atoms. The summed E-state index contributed by atoms with van der Waals surface area (Å²) in [4.78, 5) is 15.6. The Morgan fingerprint density at radius 1 is 0.795 bits per heavy atom. The van der Waals surface area contributed by atoms with E-state index in [0.717, 1.165) is 38.0 Å². The second-order valence-corrected chi connectivity index (χ2v) is 11.4. The van der Waals surface area contributed by atoms with E-state index < -0.39 is 10.0 Å². The van der Waals surface area contributed by atoms with Crippen LogP contribution < -0.4 is 19.7 Å². The third-order valence-corrected chi connectivity index (χ3v) is 8.03. The fourth-order valence-corrected chi connectivity index (χ4v) is 5.66. The molecule has 0 unspecified atom stereocenters. The van der Waals surface area contributed by atoms with E-state index in [2.05, 4.69) is 14.9 Å². The van der Waals surface area contributed by atoms with Crippen LogP contribution >= 0.6 is 11.6 Å². The number of hydrogen-bond acceptors (Lipinski definition) is 5. The lowest BCUT2D eigenvalue weighted by atomic mass is 10.1. The number of rotatable bonds is 8. The summed E-state index contributed by atoms with van der Waals surface area (Å²) in [5.41, 5.74) is 1.99. The number of benzene rings is 4. The quantitative estimate of drug-likeness (QED) is 0.238. The van der Waals surface area contributed by atoms with Gasteiger partial charge in [0.15, 0.2) is 0 Å². The van der Waals surface area contributed by atoms with Gasteiger partial charge in [0.2, 0.25) is 0 Å². The Morgan fingerprint density at radius 2 is 1.51 bits per heavy atom. The molecule has 1 aliphatic rings. The Morgan fingerprint density at radius 3 is 2.26 bits per heavy atom. The van der Waals surface area contributed by atoms with Gasteiger partial charge >= 0.3 is 0 Å². The molecule has 5 rings (SSSR count). The van der Waals surface area contributed by atoms with E-state index in [1.165, 1.54) is 6.07 Å². The molecule has 0 bridgehead atoms. The van der Waals surface area contributed by atoms with Gasteiger partial charge < -0.3 is 15.0 Å². The Balaban J connectivity index is 1.43. The van der Waals surface area contributed by atoms with Crippen molar-refractivity contribution in [3.8, 4) is 11.5 Å². The molecular formula is C30H28ClN3O4S. The van der Waals surface area contributed by atoms with Crippen LogP contribution in [0.25, 0.3) is 0 Å². The molecule has 1 saturated heterocycles. The molecule has 1 fully saturated rings. The lowest BCUT2D eigenvalue weighted by Gasteiger charge is -2.31. The lowest BCUT2D eigenvalue weighted by Crippen LogP contribution is -2.30. The largest absolute Gasteiger partial charge is 0.457 e. The first kappa shape index (κ1) is 26.6. The van der Waals surface area contributed by atoms with Gasteiger partial charge in [0.05, 0.1) is 16.3 Å². The first-order chi connectivity index (χ1) is 18.9. The van der Waals surface area contributed by atoms with Gasteiger partial charge in [-0.1, -0.05) is 35.9 Å². The Kier molecular flexibility index (Phi) is 8.05. The van der Waals surface area contributed by atoms with E-state index in [-0.39, 0.29) is 10.8 Å². The normalized spacial score (nSPS) is 13.5. The van der Waals surface area contributed by atoms with Gasteiger partial charge in [-0.3, -0.25) is 9.52 Å². The van der Waals surface area contributed by atoms with Crippen LogP contribution in [0.5, 0.6) is 11.5 Å². The molecule has 7 nitrogen and oxygen atoms in total. The molecule has 4 aromatic rings. The van der Waals surface area contributed by atoms with Gasteiger partial charge in [-0.25, -0.2) is 8.42 Å². The summed E-state index contributed by atoms with van der Waals surface area (Å²) in [6.45, 7) is 1.66. The minimum atomic E-state index is -3.92. The number of carbonyl (C=O) groups is 1. The number of ether oxygens (including phenoxy) is 1. The maximum absolute atomic E-state index is 13.4. The van der Waals surface area contributed by atoms with Crippen molar-refractivity contribution < 1.29 is 17.9 Å². The van der Waals surface area contributed by atoms with E-state index in [4.69, 9.17) is 16.3 Å². The predicted molar refractivity (Wildman–Crippen MR) is 156 cm³/mol. The standard InChI is InChI=1S/C30H28ClN3O4S/c31-23-12-14-24(15-13-23)33-39(36,37)27-16-17-29(34-18-5-2-6-19-34)28(21-27)32-30(35)22-8-7-11-26(20-22)38-25-9-3-1-4-10-25/h1,3-4,7-17,20-21,33H,2,5-6,18-19H2,(H,32,35). The third-order valence-electron chi connectivity index (χ3n) is 6.39. The monoisotopic (exact) mass is 561 g/mol. The molecule has 4 aromatic carbocycles. The van der Waals surface area contributed by atoms with Gasteiger partial charge in [-0.2, -0.15) is 0 Å². The number of para-hydroxylation sites is 1. The highest BCUT2D eigenvalue weighted by Gasteiger charge is 2.21. The first-order valence-electron chi connectivity index (χ1n) is 12.7. The number of piperidine rings is 1. The predicted octanol–water partition coefficient (Wildman–Crippen LogP) is 7.18. The van der Waals surface area contributed by atoms with Crippen LogP contribution in [0.15, 0.2) is 102 Å². The number of carbonyl (C=O) groups excluding carboxylic acids is 1. The molecule has 0 atom stereocenters. The zero-order valence-corrected chi connectivity index (χ0v) is 22.7. The van der Waals surface area contributed by atoms with Crippen molar-refractivity contribution in [3.63, 3.8) is 0 Å². The fraction of sp³-hybridized carbons (Fsp3) is 0.167. The highest BCUT2D eigenvalue weighted by molar-refractivity contribution is 7.92. The summed E-state index contributed by atoms with van der Waals surface area (Å²) in [5, 5.41) is 3.46. The van der Waals surface area contributed by atoms with Crippen molar-refractivity contribution in [1.82, 2.24) is 0 Å². The second-order valence-electron chi connectivity index (χ2n) is 9.24. The number of halogens is 1. The number of hydrogen-bond donors (Lipinski definition) is 2. The summed E-state index contributed by atoms with van der Waals surface area (Å²) >= 11 is 5.93. The summed E-state index contributed by atoms with van der Waals surface area (Å²) < 4.78 is 34.9. The minimum Gasteiger partial charge on any atom is -0.457 e. The van der Waals surface area contributed by atoms with Crippen LogP contribution in [0.4, 0.5) is 17.1 Å². The van der Waals surface area contributed by atoms with Crippen LogP contribution in [0, 0.1) is 0 Å². The Bertz CT molecular complexity index is 1560. The average molecular weight is 562 g/mol. The summed E-state index contributed by atoms with van der Waals surface area (Å²) in [6.07, 6.45) is 3.21. The number of nitrogens with zero attached hydrogens (tertiary/aromatic N) is 1. The van der Waals surface area contributed by atoms with Gasteiger partial charge in [0, 0.05) is 29.4 Å². The number of amides is 1. The first-order valence-corrected chi connectivity index (χ1v) is 14.6. The van der Waals surface area contributed by atoms with E-state index in [0.29, 0.717) is 33.5 Å². The van der Waals surface area contributed by atoms with Crippen LogP contribution in [0.1, 0.15) is 29.6 Å². The van der Waals surface area contributed by atoms with Crippen LogP contribution in [0.3, 0.4) is 0 Å². The maximum Gasteiger partial charge on any atom is 0.261 e. The zero-order chi connectivity index (χ0) is 27.2. The second kappa shape index (κ2) is 11.8. The zero-order valence-electron chi connectivity index (χ0n) is 21.1. The van der Waals surface area contributed by atoms with Gasteiger partial charge in [0.25, 0.3) is 15.9 Å². The average Bonchev–Trinajstić information content (AvgIpc) is 2.95.